The molecule has 4 rings (SSSR count). The van der Waals surface area contributed by atoms with Crippen LogP contribution in [0.5, 0.6) is 5.75 Å². The minimum absolute atomic E-state index is 0.0913. The summed E-state index contributed by atoms with van der Waals surface area (Å²) in [6, 6.07) is 13.4. The van der Waals surface area contributed by atoms with Crippen molar-refractivity contribution in [2.75, 3.05) is 14.2 Å². The SMILES string of the molecule is COC(=O)c1ccc([C@@H]2c3c(-c4ccccc4O)n[nH]c3C(=O)N2C)cc1. The summed E-state index contributed by atoms with van der Waals surface area (Å²) < 4.78 is 4.73. The van der Waals surface area contributed by atoms with Crippen molar-refractivity contribution in [3.8, 4) is 17.0 Å². The second-order valence-electron chi connectivity index (χ2n) is 6.31. The van der Waals surface area contributed by atoms with Crippen molar-refractivity contribution >= 4 is 11.9 Å². The minimum Gasteiger partial charge on any atom is -0.507 e. The Morgan fingerprint density at radius 2 is 1.89 bits per heavy atom. The van der Waals surface area contributed by atoms with E-state index in [-0.39, 0.29) is 17.7 Å². The molecule has 2 aromatic carbocycles. The number of ether oxygens (including phenoxy) is 1. The Balaban J connectivity index is 1.83. The van der Waals surface area contributed by atoms with Crippen molar-refractivity contribution in [2.45, 2.75) is 6.04 Å². The second-order valence-corrected chi connectivity index (χ2v) is 6.31. The van der Waals surface area contributed by atoms with Gasteiger partial charge in [-0.3, -0.25) is 9.89 Å². The van der Waals surface area contributed by atoms with Gasteiger partial charge >= 0.3 is 5.97 Å². The van der Waals surface area contributed by atoms with Crippen LogP contribution in [0.1, 0.15) is 38.0 Å². The maximum Gasteiger partial charge on any atom is 0.337 e. The maximum atomic E-state index is 12.6. The minimum atomic E-state index is -0.420. The fourth-order valence-corrected chi connectivity index (χ4v) is 3.46. The Morgan fingerprint density at radius 1 is 1.19 bits per heavy atom. The summed E-state index contributed by atoms with van der Waals surface area (Å²) in [6.07, 6.45) is 0. The van der Waals surface area contributed by atoms with Crippen molar-refractivity contribution in [2.24, 2.45) is 0 Å². The molecule has 0 unspecified atom stereocenters. The van der Waals surface area contributed by atoms with Crippen LogP contribution in [-0.2, 0) is 4.74 Å². The highest BCUT2D eigenvalue weighted by Crippen LogP contribution is 2.43. The van der Waals surface area contributed by atoms with Gasteiger partial charge in [-0.05, 0) is 29.8 Å². The van der Waals surface area contributed by atoms with Crippen molar-refractivity contribution in [1.82, 2.24) is 15.1 Å². The van der Waals surface area contributed by atoms with E-state index in [9.17, 15) is 14.7 Å². The molecule has 0 fully saturated rings. The fourth-order valence-electron chi connectivity index (χ4n) is 3.46. The van der Waals surface area contributed by atoms with Gasteiger partial charge in [-0.25, -0.2) is 4.79 Å². The average Bonchev–Trinajstić information content (AvgIpc) is 3.21. The number of benzene rings is 2. The molecule has 0 bridgehead atoms. The number of hydrogen-bond donors (Lipinski definition) is 2. The van der Waals surface area contributed by atoms with E-state index >= 15 is 0 Å². The molecular weight excluding hydrogens is 346 g/mol. The monoisotopic (exact) mass is 363 g/mol. The molecule has 7 nitrogen and oxygen atoms in total. The van der Waals surface area contributed by atoms with Crippen LogP contribution in [0.15, 0.2) is 48.5 Å². The quantitative estimate of drug-likeness (QED) is 0.698. The third kappa shape index (κ3) is 2.55. The van der Waals surface area contributed by atoms with Gasteiger partial charge in [-0.2, -0.15) is 5.10 Å². The van der Waals surface area contributed by atoms with Gasteiger partial charge in [0, 0.05) is 18.2 Å². The number of aromatic amines is 1. The molecule has 0 aliphatic carbocycles. The fraction of sp³-hybridized carbons (Fsp3) is 0.150. The zero-order valence-corrected chi connectivity index (χ0v) is 14.8. The lowest BCUT2D eigenvalue weighted by Crippen LogP contribution is -2.24. The number of para-hydroxylation sites is 1. The predicted octanol–water partition coefficient (Wildman–Crippen LogP) is 2.74. The van der Waals surface area contributed by atoms with Crippen LogP contribution < -0.4 is 0 Å². The molecular formula is C20H17N3O4. The molecule has 7 heteroatoms. The van der Waals surface area contributed by atoms with Crippen molar-refractivity contribution in [3.63, 3.8) is 0 Å². The number of H-pyrrole nitrogens is 1. The van der Waals surface area contributed by atoms with Crippen LogP contribution in [0.4, 0.5) is 0 Å². The summed E-state index contributed by atoms with van der Waals surface area (Å²) in [4.78, 5) is 25.9. The van der Waals surface area contributed by atoms with Gasteiger partial charge in [0.15, 0.2) is 0 Å². The molecule has 1 aliphatic rings. The molecule has 1 aliphatic heterocycles. The molecule has 27 heavy (non-hydrogen) atoms. The lowest BCUT2D eigenvalue weighted by molar-refractivity contribution is 0.0600. The predicted molar refractivity (Wildman–Crippen MR) is 97.4 cm³/mol. The van der Waals surface area contributed by atoms with Gasteiger partial charge in [0.2, 0.25) is 0 Å². The van der Waals surface area contributed by atoms with Gasteiger partial charge in [-0.1, -0.05) is 24.3 Å². The summed E-state index contributed by atoms with van der Waals surface area (Å²) in [6.45, 7) is 0. The number of carbonyl (C=O) groups excluding carboxylic acids is 2. The Bertz CT molecular complexity index is 1040. The first-order valence-electron chi connectivity index (χ1n) is 8.35. The first-order valence-corrected chi connectivity index (χ1v) is 8.35. The number of esters is 1. The van der Waals surface area contributed by atoms with E-state index in [1.807, 2.05) is 0 Å². The molecule has 2 heterocycles. The van der Waals surface area contributed by atoms with Gasteiger partial charge in [0.05, 0.1) is 18.7 Å². The molecule has 1 atom stereocenters. The highest BCUT2D eigenvalue weighted by molar-refractivity contribution is 6.00. The molecule has 1 aromatic heterocycles. The van der Waals surface area contributed by atoms with E-state index in [1.165, 1.54) is 7.11 Å². The smallest absolute Gasteiger partial charge is 0.337 e. The summed E-state index contributed by atoms with van der Waals surface area (Å²) >= 11 is 0. The number of amides is 1. The molecule has 0 saturated carbocycles. The Hall–Kier alpha value is -3.61. The molecule has 3 aromatic rings. The second kappa shape index (κ2) is 6.28. The molecule has 0 radical (unpaired) electrons. The topological polar surface area (TPSA) is 95.5 Å². The van der Waals surface area contributed by atoms with Gasteiger partial charge in [-0.15, -0.1) is 0 Å². The first kappa shape index (κ1) is 16.8. The first-order chi connectivity index (χ1) is 13.0. The summed E-state index contributed by atoms with van der Waals surface area (Å²) in [5.41, 5.74) is 3.45. The van der Waals surface area contributed by atoms with Crippen molar-refractivity contribution in [3.05, 3.63) is 70.9 Å². The zero-order valence-electron chi connectivity index (χ0n) is 14.8. The van der Waals surface area contributed by atoms with Crippen molar-refractivity contribution in [1.29, 1.82) is 0 Å². The zero-order chi connectivity index (χ0) is 19.1. The Morgan fingerprint density at radius 3 is 2.56 bits per heavy atom. The van der Waals surface area contributed by atoms with E-state index in [2.05, 4.69) is 10.2 Å². The number of hydrogen-bond acceptors (Lipinski definition) is 5. The molecule has 1 amide bonds. The third-order valence-electron chi connectivity index (χ3n) is 4.81. The van der Waals surface area contributed by atoms with Crippen LogP contribution in [0.25, 0.3) is 11.3 Å². The molecule has 0 spiro atoms. The van der Waals surface area contributed by atoms with Gasteiger partial charge < -0.3 is 14.7 Å². The van der Waals surface area contributed by atoms with Gasteiger partial charge in [0.25, 0.3) is 5.91 Å². The van der Waals surface area contributed by atoms with E-state index in [1.54, 1.807) is 60.5 Å². The van der Waals surface area contributed by atoms with Crippen LogP contribution in [0.3, 0.4) is 0 Å². The highest BCUT2D eigenvalue weighted by atomic mass is 16.5. The molecule has 0 saturated heterocycles. The maximum absolute atomic E-state index is 12.6. The number of rotatable bonds is 3. The number of methoxy groups -OCH3 is 1. The number of phenols is 1. The largest absolute Gasteiger partial charge is 0.507 e. The number of nitrogens with one attached hydrogen (secondary N) is 1. The summed E-state index contributed by atoms with van der Waals surface area (Å²) in [5, 5.41) is 17.3. The Labute approximate surface area is 155 Å². The Kier molecular flexibility index (Phi) is 3.92. The number of fused-ring (bicyclic) bond motifs is 1. The molecule has 2 N–H and O–H groups in total. The van der Waals surface area contributed by atoms with Crippen LogP contribution in [-0.4, -0.2) is 46.2 Å². The number of nitrogens with zero attached hydrogens (tertiary/aromatic N) is 2. The molecule has 136 valence electrons. The highest BCUT2D eigenvalue weighted by Gasteiger charge is 2.40. The normalized spacial score (nSPS) is 15.7. The lowest BCUT2D eigenvalue weighted by atomic mass is 9.95. The lowest BCUT2D eigenvalue weighted by Gasteiger charge is -2.22. The van der Waals surface area contributed by atoms with E-state index in [4.69, 9.17) is 4.74 Å². The summed E-state index contributed by atoms with van der Waals surface area (Å²) in [5.74, 6) is -0.508. The number of aromatic hydroxyl groups is 1. The van der Waals surface area contributed by atoms with Crippen molar-refractivity contribution < 1.29 is 19.4 Å². The number of carbonyl (C=O) groups is 2. The van der Waals surface area contributed by atoms with Crippen LogP contribution in [0, 0.1) is 0 Å². The average molecular weight is 363 g/mol. The standard InChI is InChI=1S/C20H17N3O4/c1-23-18(11-7-9-12(10-8-11)20(26)27-2)15-16(21-22-17(15)19(23)25)13-5-3-4-6-14(13)24/h3-10,18,24H,1-2H3,(H,21,22)/t18-/m1/s1. The van der Waals surface area contributed by atoms with Gasteiger partial charge in [0.1, 0.15) is 17.1 Å². The van der Waals surface area contributed by atoms with E-state index < -0.39 is 5.97 Å². The summed E-state index contributed by atoms with van der Waals surface area (Å²) in [7, 11) is 3.04. The van der Waals surface area contributed by atoms with Crippen LogP contribution >= 0.6 is 0 Å². The van der Waals surface area contributed by atoms with Crippen LogP contribution in [0.2, 0.25) is 0 Å². The number of aromatic nitrogens is 2. The van der Waals surface area contributed by atoms with E-state index in [0.29, 0.717) is 28.1 Å². The van der Waals surface area contributed by atoms with E-state index in [0.717, 1.165) is 5.56 Å². The third-order valence-corrected chi connectivity index (χ3v) is 4.81. The number of phenolic OH excluding ortho intramolecular Hbond substituents is 1.